The molecule has 0 aliphatic rings. The molecule has 0 saturated heterocycles. The van der Waals surface area contributed by atoms with E-state index in [2.05, 4.69) is 9.47 Å². The molecule has 0 aliphatic carbocycles. The number of rotatable bonds is 34. The lowest BCUT2D eigenvalue weighted by Gasteiger charge is -2.22. The zero-order valence-electron chi connectivity index (χ0n) is 40.7. The van der Waals surface area contributed by atoms with Crippen LogP contribution in [0.2, 0.25) is 0 Å². The molecule has 24 nitrogen and oxygen atoms in total. The first-order chi connectivity index (χ1) is 34.2. The van der Waals surface area contributed by atoms with E-state index in [1.807, 2.05) is 37.5 Å². The Kier molecular flexibility index (Phi) is 37.5. The maximum Gasteiger partial charge on any atom is 0.348 e. The van der Waals surface area contributed by atoms with Gasteiger partial charge in [0, 0.05) is 58.8 Å². The van der Waals surface area contributed by atoms with Crippen LogP contribution in [0.4, 0.5) is 0 Å². The van der Waals surface area contributed by atoms with Crippen LogP contribution < -0.4 is 0 Å². The summed E-state index contributed by atoms with van der Waals surface area (Å²) in [6.07, 6.45) is 18.7. The molecule has 0 unspecified atom stereocenters. The number of hydrogen-bond acceptors (Lipinski definition) is 22. The van der Waals surface area contributed by atoms with Gasteiger partial charge in [0.2, 0.25) is 0 Å². The van der Waals surface area contributed by atoms with Gasteiger partial charge >= 0.3 is 23.9 Å². The Morgan fingerprint density at radius 2 is 0.694 bits per heavy atom. The number of likely N-dealkylation sites (N-methyl/N-ethyl adjacent to an activating group) is 2. The van der Waals surface area contributed by atoms with E-state index in [4.69, 9.17) is 49.8 Å². The van der Waals surface area contributed by atoms with E-state index in [0.717, 1.165) is 0 Å². The number of nitrogens with zero attached hydrogens (tertiary/aromatic N) is 8. The van der Waals surface area contributed by atoms with Gasteiger partial charge < -0.3 is 48.8 Å². The predicted octanol–water partition coefficient (Wildman–Crippen LogP) is 1.83. The third kappa shape index (κ3) is 34.9. The summed E-state index contributed by atoms with van der Waals surface area (Å²) < 4.78 is 79.2. The summed E-state index contributed by atoms with van der Waals surface area (Å²) in [5.41, 5.74) is -1.06. The molecule has 0 saturated carbocycles. The molecular formula is C46H64N8O16S2. The van der Waals surface area contributed by atoms with Crippen molar-refractivity contribution in [1.82, 2.24) is 19.6 Å². The number of hydrogen-bond donors (Lipinski definition) is 4. The van der Waals surface area contributed by atoms with Crippen molar-refractivity contribution in [2.45, 2.75) is 40.5 Å². The van der Waals surface area contributed by atoms with Gasteiger partial charge in [-0.1, -0.05) is 0 Å². The minimum atomic E-state index is -4.29. The highest BCUT2D eigenvalue weighted by atomic mass is 32.2. The third-order valence-electron chi connectivity index (χ3n) is 8.79. The van der Waals surface area contributed by atoms with Gasteiger partial charge in [-0.15, -0.1) is 0 Å². The Morgan fingerprint density at radius 1 is 0.444 bits per heavy atom. The van der Waals surface area contributed by atoms with E-state index in [1.54, 1.807) is 58.9 Å². The average molecular weight is 1050 g/mol. The zero-order chi connectivity index (χ0) is 54.8. The van der Waals surface area contributed by atoms with Crippen LogP contribution in [-0.2, 0) is 58.4 Å². The fourth-order valence-electron chi connectivity index (χ4n) is 4.91. The van der Waals surface area contributed by atoms with E-state index < -0.39 is 68.8 Å². The standard InChI is InChI=1S/C23H32N4O10S2.C23H32N4O6/c1-3-26(10-5-8-20(18-24)22(28)36-14-16-38(30,31)32)12-7-13-27(4-2)11-6-9-21(19-25)23(29)37-15-17-39(33,34)35;1-3-26(12-14-28)10-5-8-20(18-24)22(30)32-16-7-17-33-23(31)21(19-25)9-6-11-27(4-2)13-15-29/h5-6,8-11H,3-4,7,12-17H2,1-2H3,(H,30,31,32)(H,33,34,35);5-6,8-11,28-29H,3-4,7,12-17H2,1-2H3/b10-5+,11-6+,20-8+,21-9+;10-5+,11-6+,20-8-,21-9+. The fraction of sp³-hybridized carbons (Fsp3) is 0.478. The molecule has 396 valence electrons. The van der Waals surface area contributed by atoms with Gasteiger partial charge in [-0.05, 0) is 108 Å². The second kappa shape index (κ2) is 40.4. The Morgan fingerprint density at radius 3 is 0.917 bits per heavy atom. The van der Waals surface area contributed by atoms with Crippen LogP contribution in [0.25, 0.3) is 0 Å². The van der Waals surface area contributed by atoms with E-state index in [9.17, 15) is 36.0 Å². The highest BCUT2D eigenvalue weighted by Gasteiger charge is 2.15. The third-order valence-corrected chi connectivity index (χ3v) is 10.2. The van der Waals surface area contributed by atoms with Gasteiger partial charge in [0.05, 0.1) is 26.4 Å². The van der Waals surface area contributed by atoms with Crippen molar-refractivity contribution in [3.8, 4) is 24.3 Å². The molecule has 0 spiro atoms. The maximum atomic E-state index is 12.0. The molecule has 0 aliphatic heterocycles. The molecule has 0 heterocycles. The van der Waals surface area contributed by atoms with E-state index >= 15 is 0 Å². The zero-order valence-corrected chi connectivity index (χ0v) is 42.4. The topological polar surface area (TPSA) is 363 Å². The van der Waals surface area contributed by atoms with Crippen molar-refractivity contribution < 1.29 is 74.3 Å². The normalized spacial score (nSPS) is 12.3. The van der Waals surface area contributed by atoms with E-state index in [-0.39, 0.29) is 55.1 Å². The van der Waals surface area contributed by atoms with Crippen LogP contribution in [0, 0.1) is 45.3 Å². The number of ether oxygens (including phenoxy) is 4. The summed E-state index contributed by atoms with van der Waals surface area (Å²) in [6, 6.07) is 6.85. The molecule has 26 heteroatoms. The van der Waals surface area contributed by atoms with Gasteiger partial charge in [0.15, 0.2) is 0 Å². The van der Waals surface area contributed by atoms with Crippen molar-refractivity contribution in [1.29, 1.82) is 21.0 Å². The Hall–Kier alpha value is -7.30. The maximum absolute atomic E-state index is 12.0. The summed E-state index contributed by atoms with van der Waals surface area (Å²) in [5.74, 6) is -5.18. The van der Waals surface area contributed by atoms with Gasteiger partial charge in [0.1, 0.15) is 71.3 Å². The Balaban J connectivity index is 0. The first-order valence-corrected chi connectivity index (χ1v) is 25.4. The highest BCUT2D eigenvalue weighted by molar-refractivity contribution is 7.86. The summed E-state index contributed by atoms with van der Waals surface area (Å²) in [6.45, 7) is 11.0. The second-order valence-electron chi connectivity index (χ2n) is 13.9. The van der Waals surface area contributed by atoms with Crippen molar-refractivity contribution in [2.75, 3.05) is 104 Å². The summed E-state index contributed by atoms with van der Waals surface area (Å²) in [7, 11) is -8.58. The van der Waals surface area contributed by atoms with Crippen LogP contribution >= 0.6 is 0 Å². The smallest absolute Gasteiger partial charge is 0.348 e. The van der Waals surface area contributed by atoms with Crippen molar-refractivity contribution >= 4 is 44.1 Å². The van der Waals surface area contributed by atoms with Crippen LogP contribution in [0.15, 0.2) is 95.7 Å². The first kappa shape index (κ1) is 66.8. The summed E-state index contributed by atoms with van der Waals surface area (Å²) >= 11 is 0. The molecule has 0 atom stereocenters. The molecule has 0 aromatic heterocycles. The van der Waals surface area contributed by atoms with E-state index in [1.165, 1.54) is 48.6 Å². The van der Waals surface area contributed by atoms with Gasteiger partial charge in [0.25, 0.3) is 20.2 Å². The van der Waals surface area contributed by atoms with Gasteiger partial charge in [-0.3, -0.25) is 9.11 Å². The quantitative estimate of drug-likeness (QED) is 0.0136. The molecular weight excluding hydrogens is 985 g/mol. The van der Waals surface area contributed by atoms with Crippen LogP contribution in [0.3, 0.4) is 0 Å². The lowest BCUT2D eigenvalue weighted by atomic mass is 10.2. The second-order valence-corrected chi connectivity index (χ2v) is 17.1. The molecule has 4 N–H and O–H groups in total. The molecule has 72 heavy (non-hydrogen) atoms. The summed E-state index contributed by atoms with van der Waals surface area (Å²) in [4.78, 5) is 55.0. The number of carbonyl (C=O) groups is 4. The van der Waals surface area contributed by atoms with E-state index in [0.29, 0.717) is 58.8 Å². The van der Waals surface area contributed by atoms with Gasteiger partial charge in [-0.2, -0.15) is 37.9 Å². The van der Waals surface area contributed by atoms with Gasteiger partial charge in [-0.25, -0.2) is 19.2 Å². The van der Waals surface area contributed by atoms with Crippen molar-refractivity contribution in [2.24, 2.45) is 0 Å². The van der Waals surface area contributed by atoms with Crippen molar-refractivity contribution in [3.63, 3.8) is 0 Å². The molecule has 0 rings (SSSR count). The van der Waals surface area contributed by atoms with Crippen LogP contribution in [0.1, 0.15) is 40.5 Å². The number of allylic oxidation sites excluding steroid dienone is 8. The lowest BCUT2D eigenvalue weighted by molar-refractivity contribution is -0.141. The molecule has 0 fully saturated rings. The van der Waals surface area contributed by atoms with Crippen LogP contribution in [0.5, 0.6) is 0 Å². The average Bonchev–Trinajstić information content (AvgIpc) is 3.33. The molecule has 0 aromatic rings. The number of aliphatic hydroxyl groups is 2. The molecule has 0 amide bonds. The number of nitriles is 4. The lowest BCUT2D eigenvalue weighted by Crippen LogP contribution is -2.24. The minimum absolute atomic E-state index is 0.00986. The largest absolute Gasteiger partial charge is 0.461 e. The number of carbonyl (C=O) groups excluding carboxylic acids is 4. The molecule has 0 bridgehead atoms. The monoisotopic (exact) mass is 1050 g/mol. The summed E-state index contributed by atoms with van der Waals surface area (Å²) in [5, 5.41) is 54.3. The Bertz CT molecular complexity index is 2210. The molecule has 0 aromatic carbocycles. The number of esters is 4. The minimum Gasteiger partial charge on any atom is -0.461 e. The Labute approximate surface area is 421 Å². The SMILES string of the molecule is CCN(/C=C/C=C(/C#N)C(=O)OCCCOC(=O)/C(C#N)=C/C=C/N(CC)CCO)CCO.CCN(/C=C/C=C(\C#N)C(=O)OCCS(=O)(=O)O)CCCN(/C=C/C=C(\C#N)C(=O)OCCS(=O)(=O)O)CC. The molecule has 0 radical (unpaired) electrons. The fourth-order valence-corrected chi connectivity index (χ4v) is 5.50. The highest BCUT2D eigenvalue weighted by Crippen LogP contribution is 2.05. The van der Waals surface area contributed by atoms with Crippen LogP contribution in [-0.4, -0.2) is 183 Å². The first-order valence-electron chi connectivity index (χ1n) is 22.1. The predicted molar refractivity (Wildman–Crippen MR) is 260 cm³/mol. The van der Waals surface area contributed by atoms with Crippen molar-refractivity contribution in [3.05, 3.63) is 95.7 Å². The number of aliphatic hydroxyl groups excluding tert-OH is 2.